The molecular formula is C20H25N3O. The third-order valence-electron chi connectivity index (χ3n) is 4.81. The number of fused-ring (bicyclic) bond motifs is 1. The quantitative estimate of drug-likeness (QED) is 0.847. The highest BCUT2D eigenvalue weighted by Crippen LogP contribution is 2.32. The van der Waals surface area contributed by atoms with Gasteiger partial charge in [-0.2, -0.15) is 0 Å². The summed E-state index contributed by atoms with van der Waals surface area (Å²) >= 11 is 0. The number of hydrogen-bond donors (Lipinski definition) is 2. The average molecular weight is 323 g/mol. The van der Waals surface area contributed by atoms with Crippen molar-refractivity contribution in [1.82, 2.24) is 0 Å². The molecule has 3 rings (SSSR count). The van der Waals surface area contributed by atoms with E-state index in [0.717, 1.165) is 47.6 Å². The van der Waals surface area contributed by atoms with Gasteiger partial charge < -0.3 is 16.0 Å². The van der Waals surface area contributed by atoms with E-state index in [1.807, 2.05) is 38.1 Å². The minimum absolute atomic E-state index is 0.0113. The smallest absolute Gasteiger partial charge is 0.246 e. The number of hydrogen-bond acceptors (Lipinski definition) is 3. The molecule has 1 unspecified atom stereocenters. The Morgan fingerprint density at radius 1 is 1.25 bits per heavy atom. The van der Waals surface area contributed by atoms with Crippen LogP contribution in [0.4, 0.5) is 17.1 Å². The lowest BCUT2D eigenvalue weighted by Gasteiger charge is -2.36. The van der Waals surface area contributed by atoms with Crippen LogP contribution < -0.4 is 16.0 Å². The Morgan fingerprint density at radius 3 is 2.79 bits per heavy atom. The second-order valence-corrected chi connectivity index (χ2v) is 6.63. The van der Waals surface area contributed by atoms with Gasteiger partial charge in [0.05, 0.1) is 0 Å². The molecule has 126 valence electrons. The molecule has 0 saturated carbocycles. The molecule has 0 spiro atoms. The van der Waals surface area contributed by atoms with E-state index in [0.29, 0.717) is 0 Å². The van der Waals surface area contributed by atoms with Crippen LogP contribution in [-0.2, 0) is 11.2 Å². The summed E-state index contributed by atoms with van der Waals surface area (Å²) in [6.07, 6.45) is 1.99. The van der Waals surface area contributed by atoms with E-state index in [9.17, 15) is 4.79 Å². The molecule has 2 aromatic rings. The molecule has 0 aromatic heterocycles. The second kappa shape index (κ2) is 6.56. The lowest BCUT2D eigenvalue weighted by molar-refractivity contribution is -0.117. The largest absolute Gasteiger partial charge is 0.398 e. The Morgan fingerprint density at radius 2 is 2.04 bits per heavy atom. The first-order chi connectivity index (χ1) is 11.5. The zero-order chi connectivity index (χ0) is 17.3. The molecule has 1 aliphatic heterocycles. The molecule has 1 amide bonds. The highest BCUT2D eigenvalue weighted by atomic mass is 16.2. The van der Waals surface area contributed by atoms with Crippen LogP contribution in [0.25, 0.3) is 0 Å². The molecule has 0 aliphatic carbocycles. The summed E-state index contributed by atoms with van der Waals surface area (Å²) < 4.78 is 0. The molecule has 1 heterocycles. The highest BCUT2D eigenvalue weighted by Gasteiger charge is 2.27. The summed E-state index contributed by atoms with van der Waals surface area (Å²) in [6, 6.07) is 11.8. The fourth-order valence-electron chi connectivity index (χ4n) is 3.41. The van der Waals surface area contributed by atoms with Crippen LogP contribution in [0.3, 0.4) is 0 Å². The fourth-order valence-corrected chi connectivity index (χ4v) is 3.41. The average Bonchev–Trinajstić information content (AvgIpc) is 2.56. The van der Waals surface area contributed by atoms with Crippen molar-refractivity contribution < 1.29 is 4.79 Å². The van der Waals surface area contributed by atoms with Crippen LogP contribution in [0.5, 0.6) is 0 Å². The molecule has 2 aromatic carbocycles. The minimum atomic E-state index is -0.244. The van der Waals surface area contributed by atoms with E-state index >= 15 is 0 Å². The van der Waals surface area contributed by atoms with Crippen LogP contribution >= 0.6 is 0 Å². The first-order valence-electron chi connectivity index (χ1n) is 8.49. The molecule has 0 bridgehead atoms. The summed E-state index contributed by atoms with van der Waals surface area (Å²) in [7, 11) is 0. The van der Waals surface area contributed by atoms with Crippen molar-refractivity contribution in [2.75, 3.05) is 22.5 Å². The van der Waals surface area contributed by atoms with Gasteiger partial charge in [0.25, 0.3) is 0 Å². The molecule has 1 aliphatic rings. The Balaban J connectivity index is 1.81. The third-order valence-corrected chi connectivity index (χ3v) is 4.81. The maximum absolute atomic E-state index is 12.8. The van der Waals surface area contributed by atoms with Crippen LogP contribution in [0, 0.1) is 13.8 Å². The Hall–Kier alpha value is -2.49. The number of rotatable bonds is 3. The zero-order valence-electron chi connectivity index (χ0n) is 14.6. The molecule has 0 saturated heterocycles. The predicted molar refractivity (Wildman–Crippen MR) is 101 cm³/mol. The zero-order valence-corrected chi connectivity index (χ0v) is 14.6. The number of nitrogens with zero attached hydrogens (tertiary/aromatic N) is 1. The van der Waals surface area contributed by atoms with Crippen LogP contribution in [0.1, 0.15) is 30.0 Å². The molecule has 1 atom stereocenters. The monoisotopic (exact) mass is 323 g/mol. The van der Waals surface area contributed by atoms with Gasteiger partial charge in [0.2, 0.25) is 5.91 Å². The number of nitrogens with two attached hydrogens (primary N) is 1. The standard InChI is InChI=1S/C20H25N3O/c1-13-9-10-18(14(2)12-13)22-20(24)15(3)23-11-5-6-16-17(21)7-4-8-19(16)23/h4,7-10,12,15H,5-6,11,21H2,1-3H3,(H,22,24). The lowest BCUT2D eigenvalue weighted by atomic mass is 9.98. The van der Waals surface area contributed by atoms with Gasteiger partial charge in [0.15, 0.2) is 0 Å². The number of benzene rings is 2. The van der Waals surface area contributed by atoms with Crippen molar-refractivity contribution in [2.24, 2.45) is 0 Å². The number of anilines is 3. The van der Waals surface area contributed by atoms with Crippen molar-refractivity contribution in [3.05, 3.63) is 53.1 Å². The van der Waals surface area contributed by atoms with Gasteiger partial charge in [-0.15, -0.1) is 0 Å². The Kier molecular flexibility index (Phi) is 4.47. The molecule has 4 heteroatoms. The van der Waals surface area contributed by atoms with Gasteiger partial charge in [-0.05, 0) is 62.9 Å². The third kappa shape index (κ3) is 3.09. The number of nitrogens with one attached hydrogen (secondary N) is 1. The number of nitrogen functional groups attached to an aromatic ring is 1. The number of carbonyl (C=O) groups excluding carboxylic acids is 1. The summed E-state index contributed by atoms with van der Waals surface area (Å²) in [4.78, 5) is 14.9. The molecule has 4 nitrogen and oxygen atoms in total. The van der Waals surface area contributed by atoms with Crippen molar-refractivity contribution >= 4 is 23.0 Å². The van der Waals surface area contributed by atoms with Gasteiger partial charge in [0, 0.05) is 23.6 Å². The second-order valence-electron chi connectivity index (χ2n) is 6.63. The van der Waals surface area contributed by atoms with Crippen LogP contribution in [-0.4, -0.2) is 18.5 Å². The van der Waals surface area contributed by atoms with E-state index in [1.54, 1.807) is 0 Å². The van der Waals surface area contributed by atoms with E-state index in [4.69, 9.17) is 5.73 Å². The maximum atomic E-state index is 12.8. The highest BCUT2D eigenvalue weighted by molar-refractivity contribution is 5.97. The van der Waals surface area contributed by atoms with Gasteiger partial charge in [-0.1, -0.05) is 23.8 Å². The summed E-state index contributed by atoms with van der Waals surface area (Å²) in [6.45, 7) is 6.90. The van der Waals surface area contributed by atoms with Gasteiger partial charge in [-0.3, -0.25) is 4.79 Å². The molecule has 24 heavy (non-hydrogen) atoms. The van der Waals surface area contributed by atoms with Crippen molar-refractivity contribution in [3.63, 3.8) is 0 Å². The maximum Gasteiger partial charge on any atom is 0.246 e. The number of carbonyl (C=O) groups is 1. The normalized spacial score (nSPS) is 14.9. The van der Waals surface area contributed by atoms with E-state index in [2.05, 4.69) is 29.3 Å². The Labute approximate surface area is 143 Å². The van der Waals surface area contributed by atoms with Gasteiger partial charge in [0.1, 0.15) is 6.04 Å². The molecule has 0 radical (unpaired) electrons. The van der Waals surface area contributed by atoms with E-state index in [-0.39, 0.29) is 11.9 Å². The Bertz CT molecular complexity index is 769. The first-order valence-corrected chi connectivity index (χ1v) is 8.49. The summed E-state index contributed by atoms with van der Waals surface area (Å²) in [5, 5.41) is 3.07. The molecule has 0 fully saturated rings. The van der Waals surface area contributed by atoms with E-state index < -0.39 is 0 Å². The fraction of sp³-hybridized carbons (Fsp3) is 0.350. The SMILES string of the molecule is Cc1ccc(NC(=O)C(C)N2CCCc3c(N)cccc32)c(C)c1. The summed E-state index contributed by atoms with van der Waals surface area (Å²) in [5.41, 5.74) is 12.3. The molecular weight excluding hydrogens is 298 g/mol. The van der Waals surface area contributed by atoms with E-state index in [1.165, 1.54) is 5.56 Å². The lowest BCUT2D eigenvalue weighted by Crippen LogP contribution is -2.44. The summed E-state index contributed by atoms with van der Waals surface area (Å²) in [5.74, 6) is 0.0113. The predicted octanol–water partition coefficient (Wildman–Crippen LogP) is 3.67. The first kappa shape index (κ1) is 16.4. The van der Waals surface area contributed by atoms with Crippen LogP contribution in [0.15, 0.2) is 36.4 Å². The van der Waals surface area contributed by atoms with Crippen molar-refractivity contribution in [1.29, 1.82) is 0 Å². The topological polar surface area (TPSA) is 58.4 Å². The number of aryl methyl sites for hydroxylation is 2. The van der Waals surface area contributed by atoms with Crippen molar-refractivity contribution in [2.45, 2.75) is 39.7 Å². The van der Waals surface area contributed by atoms with Crippen LogP contribution in [0.2, 0.25) is 0 Å². The van der Waals surface area contributed by atoms with Gasteiger partial charge >= 0.3 is 0 Å². The van der Waals surface area contributed by atoms with Gasteiger partial charge in [-0.25, -0.2) is 0 Å². The van der Waals surface area contributed by atoms with Crippen molar-refractivity contribution in [3.8, 4) is 0 Å². The molecule has 3 N–H and O–H groups in total. The minimum Gasteiger partial charge on any atom is -0.398 e. The number of amides is 1.